The third-order valence-electron chi connectivity index (χ3n) is 2.87. The van der Waals surface area contributed by atoms with Gasteiger partial charge in [0, 0.05) is 18.0 Å². The van der Waals surface area contributed by atoms with Crippen LogP contribution in [0, 0.1) is 0 Å². The van der Waals surface area contributed by atoms with E-state index in [9.17, 15) is 4.79 Å². The van der Waals surface area contributed by atoms with Crippen molar-refractivity contribution in [2.45, 2.75) is 20.5 Å². The highest BCUT2D eigenvalue weighted by molar-refractivity contribution is 5.90. The van der Waals surface area contributed by atoms with Crippen molar-refractivity contribution in [2.75, 3.05) is 13.2 Å². The van der Waals surface area contributed by atoms with E-state index in [2.05, 4.69) is 4.98 Å². The summed E-state index contributed by atoms with van der Waals surface area (Å²) in [6.45, 7) is 4.98. The molecule has 5 nitrogen and oxygen atoms in total. The lowest BCUT2D eigenvalue weighted by Gasteiger charge is -2.12. The van der Waals surface area contributed by atoms with Crippen molar-refractivity contribution in [3.05, 3.63) is 53.9 Å². The van der Waals surface area contributed by atoms with Gasteiger partial charge >= 0.3 is 5.97 Å². The number of benzene rings is 1. The summed E-state index contributed by atoms with van der Waals surface area (Å²) >= 11 is 0. The summed E-state index contributed by atoms with van der Waals surface area (Å²) in [6, 6.07) is 8.67. The molecule has 0 aliphatic carbocycles. The van der Waals surface area contributed by atoms with Crippen LogP contribution in [0.1, 0.15) is 29.8 Å². The molecule has 0 spiro atoms. The van der Waals surface area contributed by atoms with Crippen molar-refractivity contribution >= 4 is 5.97 Å². The molecule has 1 aromatic carbocycles. The molecule has 5 heteroatoms. The van der Waals surface area contributed by atoms with Crippen LogP contribution in [0.2, 0.25) is 0 Å². The lowest BCUT2D eigenvalue weighted by molar-refractivity contribution is 0.0472. The second-order valence-corrected chi connectivity index (χ2v) is 4.46. The average Bonchev–Trinajstić information content (AvgIpc) is 2.55. The molecule has 116 valence electrons. The van der Waals surface area contributed by atoms with Gasteiger partial charge in [-0.3, -0.25) is 4.98 Å². The number of ether oxygens (including phenoxy) is 3. The molecule has 1 aromatic heterocycles. The van der Waals surface area contributed by atoms with Crippen LogP contribution in [0.15, 0.2) is 42.7 Å². The molecule has 0 saturated heterocycles. The number of hydrogen-bond donors (Lipinski definition) is 0. The van der Waals surface area contributed by atoms with Gasteiger partial charge in [-0.15, -0.1) is 0 Å². The summed E-state index contributed by atoms with van der Waals surface area (Å²) < 4.78 is 16.2. The smallest absolute Gasteiger partial charge is 0.338 e. The Bertz CT molecular complexity index is 613. The Morgan fingerprint density at radius 1 is 1.09 bits per heavy atom. The molecule has 0 atom stereocenters. The van der Waals surface area contributed by atoms with Crippen LogP contribution in [0.5, 0.6) is 11.5 Å². The van der Waals surface area contributed by atoms with Gasteiger partial charge in [0.25, 0.3) is 0 Å². The molecule has 22 heavy (non-hydrogen) atoms. The van der Waals surface area contributed by atoms with Crippen LogP contribution in [0.3, 0.4) is 0 Å². The minimum absolute atomic E-state index is 0.184. The van der Waals surface area contributed by atoms with E-state index >= 15 is 0 Å². The number of pyridine rings is 1. The lowest BCUT2D eigenvalue weighted by Crippen LogP contribution is -2.07. The molecule has 2 aromatic rings. The molecule has 0 amide bonds. The quantitative estimate of drug-likeness (QED) is 0.735. The molecule has 2 rings (SSSR count). The normalized spacial score (nSPS) is 10.1. The van der Waals surface area contributed by atoms with Gasteiger partial charge in [-0.25, -0.2) is 4.79 Å². The van der Waals surface area contributed by atoms with E-state index in [-0.39, 0.29) is 6.61 Å². The summed E-state index contributed by atoms with van der Waals surface area (Å²) in [5, 5.41) is 0. The van der Waals surface area contributed by atoms with Gasteiger partial charge in [0.2, 0.25) is 0 Å². The van der Waals surface area contributed by atoms with Crippen LogP contribution < -0.4 is 9.47 Å². The van der Waals surface area contributed by atoms with Crippen LogP contribution in [-0.4, -0.2) is 24.2 Å². The van der Waals surface area contributed by atoms with Gasteiger partial charge in [0.1, 0.15) is 6.61 Å². The van der Waals surface area contributed by atoms with Gasteiger partial charge in [-0.2, -0.15) is 0 Å². The van der Waals surface area contributed by atoms with Crippen LogP contribution in [-0.2, 0) is 11.3 Å². The topological polar surface area (TPSA) is 57.7 Å². The second kappa shape index (κ2) is 8.02. The summed E-state index contributed by atoms with van der Waals surface area (Å²) in [6.07, 6.45) is 3.34. The average molecular weight is 301 g/mol. The molecule has 0 N–H and O–H groups in total. The van der Waals surface area contributed by atoms with E-state index < -0.39 is 5.97 Å². The number of hydrogen-bond acceptors (Lipinski definition) is 5. The molecule has 1 heterocycles. The van der Waals surface area contributed by atoms with Gasteiger partial charge in [-0.05, 0) is 38.1 Å². The molecule has 0 aliphatic heterocycles. The Kier molecular flexibility index (Phi) is 5.77. The van der Waals surface area contributed by atoms with Crippen LogP contribution >= 0.6 is 0 Å². The first-order chi connectivity index (χ1) is 10.7. The summed E-state index contributed by atoms with van der Waals surface area (Å²) in [5.41, 5.74) is 1.27. The van der Waals surface area contributed by atoms with Crippen LogP contribution in [0.4, 0.5) is 0 Å². The highest BCUT2D eigenvalue weighted by Gasteiger charge is 2.12. The first-order valence-corrected chi connectivity index (χ1v) is 7.20. The van der Waals surface area contributed by atoms with E-state index in [4.69, 9.17) is 14.2 Å². The molecule has 0 unspecified atom stereocenters. The lowest BCUT2D eigenvalue weighted by atomic mass is 10.2. The number of nitrogens with zero attached hydrogens (tertiary/aromatic N) is 1. The van der Waals surface area contributed by atoms with E-state index in [1.165, 1.54) is 0 Å². The molecular weight excluding hydrogens is 282 g/mol. The predicted molar refractivity (Wildman–Crippen MR) is 82.1 cm³/mol. The van der Waals surface area contributed by atoms with Crippen LogP contribution in [0.25, 0.3) is 0 Å². The molecule has 0 radical (unpaired) electrons. The fraction of sp³-hybridized carbons (Fsp3) is 0.294. The van der Waals surface area contributed by atoms with E-state index in [0.717, 1.165) is 5.56 Å². The monoisotopic (exact) mass is 301 g/mol. The maximum atomic E-state index is 12.1. The van der Waals surface area contributed by atoms with Gasteiger partial charge < -0.3 is 14.2 Å². The zero-order valence-electron chi connectivity index (χ0n) is 12.7. The zero-order valence-corrected chi connectivity index (χ0v) is 12.7. The summed E-state index contributed by atoms with van der Waals surface area (Å²) in [4.78, 5) is 16.1. The molecule has 0 saturated carbocycles. The Hall–Kier alpha value is -2.56. The SMILES string of the molecule is CCOc1ccc(C(=O)OCc2cccnc2)cc1OCC. The van der Waals surface area contributed by atoms with Crippen molar-refractivity contribution in [3.8, 4) is 11.5 Å². The molecule has 0 fully saturated rings. The fourth-order valence-electron chi connectivity index (χ4n) is 1.89. The van der Waals surface area contributed by atoms with E-state index in [0.29, 0.717) is 30.3 Å². The van der Waals surface area contributed by atoms with Crippen molar-refractivity contribution in [1.29, 1.82) is 0 Å². The molecular formula is C17H19NO4. The third-order valence-corrected chi connectivity index (χ3v) is 2.87. The van der Waals surface area contributed by atoms with Crippen molar-refractivity contribution in [3.63, 3.8) is 0 Å². The second-order valence-electron chi connectivity index (χ2n) is 4.46. The standard InChI is InChI=1S/C17H19NO4/c1-3-20-15-8-7-14(10-16(15)21-4-2)17(19)22-12-13-6-5-9-18-11-13/h5-11H,3-4,12H2,1-2H3. The van der Waals surface area contributed by atoms with Crippen molar-refractivity contribution < 1.29 is 19.0 Å². The molecule has 0 bridgehead atoms. The first kappa shape index (κ1) is 15.8. The Balaban J connectivity index is 2.07. The van der Waals surface area contributed by atoms with Crippen molar-refractivity contribution in [2.24, 2.45) is 0 Å². The fourth-order valence-corrected chi connectivity index (χ4v) is 1.89. The van der Waals surface area contributed by atoms with E-state index in [1.807, 2.05) is 19.9 Å². The molecule has 0 aliphatic rings. The number of rotatable bonds is 7. The zero-order chi connectivity index (χ0) is 15.8. The Labute approximate surface area is 129 Å². The summed E-state index contributed by atoms with van der Waals surface area (Å²) in [7, 11) is 0. The number of aromatic nitrogens is 1. The summed E-state index contributed by atoms with van der Waals surface area (Å²) in [5.74, 6) is 0.751. The Morgan fingerprint density at radius 3 is 2.55 bits per heavy atom. The van der Waals surface area contributed by atoms with Crippen molar-refractivity contribution in [1.82, 2.24) is 4.98 Å². The highest BCUT2D eigenvalue weighted by atomic mass is 16.5. The maximum Gasteiger partial charge on any atom is 0.338 e. The van der Waals surface area contributed by atoms with Gasteiger partial charge in [-0.1, -0.05) is 6.07 Å². The largest absolute Gasteiger partial charge is 0.490 e. The minimum Gasteiger partial charge on any atom is -0.490 e. The maximum absolute atomic E-state index is 12.1. The number of carbonyl (C=O) groups excluding carboxylic acids is 1. The third kappa shape index (κ3) is 4.22. The van der Waals surface area contributed by atoms with Gasteiger partial charge in [0.05, 0.1) is 18.8 Å². The highest BCUT2D eigenvalue weighted by Crippen LogP contribution is 2.28. The van der Waals surface area contributed by atoms with Gasteiger partial charge in [0.15, 0.2) is 11.5 Å². The predicted octanol–water partition coefficient (Wildman–Crippen LogP) is 3.24. The first-order valence-electron chi connectivity index (χ1n) is 7.20. The Morgan fingerprint density at radius 2 is 1.86 bits per heavy atom. The van der Waals surface area contributed by atoms with E-state index in [1.54, 1.807) is 36.7 Å². The number of carbonyl (C=O) groups is 1. The minimum atomic E-state index is -0.409. The number of esters is 1.